The average molecular weight is 415 g/mol. The molecule has 0 unspecified atom stereocenters. The van der Waals surface area contributed by atoms with E-state index >= 15 is 0 Å². The van der Waals surface area contributed by atoms with Crippen molar-refractivity contribution in [2.24, 2.45) is 0 Å². The summed E-state index contributed by atoms with van der Waals surface area (Å²) in [4.78, 5) is 12.6. The van der Waals surface area contributed by atoms with Crippen molar-refractivity contribution in [1.29, 1.82) is 0 Å². The van der Waals surface area contributed by atoms with Gasteiger partial charge in [0.2, 0.25) is 5.75 Å². The van der Waals surface area contributed by atoms with E-state index < -0.39 is 29.2 Å². The van der Waals surface area contributed by atoms with Gasteiger partial charge in [0.05, 0.1) is 31.1 Å². The molecule has 0 heterocycles. The lowest BCUT2D eigenvalue weighted by Gasteiger charge is -2.17. The number of hydrogen-bond donors (Lipinski definition) is 1. The van der Waals surface area contributed by atoms with Gasteiger partial charge < -0.3 is 19.5 Å². The molecule has 0 aromatic heterocycles. The number of alkyl halides is 3. The second kappa shape index (κ2) is 9.49. The van der Waals surface area contributed by atoms with Crippen LogP contribution in [0.15, 0.2) is 30.3 Å². The number of amides is 1. The van der Waals surface area contributed by atoms with E-state index in [-0.39, 0.29) is 30.3 Å². The molecule has 5 nitrogen and oxygen atoms in total. The molecule has 0 saturated heterocycles. The summed E-state index contributed by atoms with van der Waals surface area (Å²) in [5.74, 6) is -1.05. The number of rotatable bonds is 8. The van der Waals surface area contributed by atoms with Crippen LogP contribution in [0.4, 0.5) is 23.2 Å². The van der Waals surface area contributed by atoms with Gasteiger partial charge in [0.25, 0.3) is 5.91 Å². The summed E-state index contributed by atoms with van der Waals surface area (Å²) < 4.78 is 69.1. The molecular weight excluding hydrogens is 394 g/mol. The molecule has 158 valence electrons. The number of halogens is 4. The predicted octanol–water partition coefficient (Wildman–Crippen LogP) is 5.29. The summed E-state index contributed by atoms with van der Waals surface area (Å²) in [7, 11) is 0. The van der Waals surface area contributed by atoms with E-state index in [1.807, 2.05) is 0 Å². The maximum Gasteiger partial charge on any atom is 0.416 e. The van der Waals surface area contributed by atoms with Gasteiger partial charge >= 0.3 is 6.18 Å². The average Bonchev–Trinajstić information content (AvgIpc) is 2.65. The minimum Gasteiger partial charge on any atom is -0.490 e. The van der Waals surface area contributed by atoms with Crippen LogP contribution in [0.25, 0.3) is 0 Å². The van der Waals surface area contributed by atoms with Crippen molar-refractivity contribution >= 4 is 11.6 Å². The number of benzene rings is 2. The van der Waals surface area contributed by atoms with Crippen molar-refractivity contribution in [2.45, 2.75) is 26.9 Å². The van der Waals surface area contributed by atoms with Gasteiger partial charge in [-0.25, -0.2) is 4.39 Å². The largest absolute Gasteiger partial charge is 0.490 e. The Labute approximate surface area is 165 Å². The van der Waals surface area contributed by atoms with Crippen LogP contribution < -0.4 is 19.5 Å². The molecule has 0 aliphatic carbocycles. The predicted molar refractivity (Wildman–Crippen MR) is 99.3 cm³/mol. The Bertz CT molecular complexity index is 841. The van der Waals surface area contributed by atoms with Gasteiger partial charge in [0, 0.05) is 5.56 Å². The third-order valence-corrected chi connectivity index (χ3v) is 3.71. The van der Waals surface area contributed by atoms with Crippen LogP contribution in [0.2, 0.25) is 0 Å². The van der Waals surface area contributed by atoms with E-state index in [0.29, 0.717) is 30.6 Å². The van der Waals surface area contributed by atoms with Crippen LogP contribution >= 0.6 is 0 Å². The highest BCUT2D eigenvalue weighted by Gasteiger charge is 2.31. The maximum absolute atomic E-state index is 13.9. The standard InChI is InChI=1S/C20H21F4NO4/c1-4-27-16-9-12(10-17(28-5-2)18(16)29-6-3)19(26)25-15-11-13(20(22,23)24)7-8-14(15)21/h7-11H,4-6H2,1-3H3,(H,25,26). The minimum absolute atomic E-state index is 0.0113. The quantitative estimate of drug-likeness (QED) is 0.595. The molecule has 1 N–H and O–H groups in total. The zero-order valence-electron chi connectivity index (χ0n) is 16.2. The fourth-order valence-electron chi connectivity index (χ4n) is 2.51. The normalized spacial score (nSPS) is 11.1. The van der Waals surface area contributed by atoms with Gasteiger partial charge in [-0.15, -0.1) is 0 Å². The summed E-state index contributed by atoms with van der Waals surface area (Å²) in [6.45, 7) is 6.11. The van der Waals surface area contributed by atoms with Crippen molar-refractivity contribution in [3.05, 3.63) is 47.3 Å². The molecule has 0 atom stereocenters. The van der Waals surface area contributed by atoms with Crippen molar-refractivity contribution in [3.8, 4) is 17.2 Å². The van der Waals surface area contributed by atoms with E-state index in [1.165, 1.54) is 12.1 Å². The topological polar surface area (TPSA) is 56.8 Å². The Kier molecular flexibility index (Phi) is 7.30. The van der Waals surface area contributed by atoms with Crippen LogP contribution in [0.3, 0.4) is 0 Å². The van der Waals surface area contributed by atoms with Gasteiger partial charge in [-0.2, -0.15) is 13.2 Å². The van der Waals surface area contributed by atoms with Crippen molar-refractivity contribution in [3.63, 3.8) is 0 Å². The van der Waals surface area contributed by atoms with Gasteiger partial charge in [0.15, 0.2) is 11.5 Å². The monoisotopic (exact) mass is 415 g/mol. The first-order chi connectivity index (χ1) is 13.7. The Morgan fingerprint density at radius 1 is 0.931 bits per heavy atom. The Balaban J connectivity index is 2.42. The summed E-state index contributed by atoms with van der Waals surface area (Å²) in [6.07, 6.45) is -4.67. The summed E-state index contributed by atoms with van der Waals surface area (Å²) in [5, 5.41) is 2.16. The molecule has 0 aliphatic heterocycles. The Morgan fingerprint density at radius 3 is 1.97 bits per heavy atom. The first-order valence-corrected chi connectivity index (χ1v) is 8.95. The number of anilines is 1. The molecule has 2 rings (SSSR count). The number of carbonyl (C=O) groups excluding carboxylic acids is 1. The molecule has 2 aromatic carbocycles. The number of ether oxygens (including phenoxy) is 3. The third kappa shape index (κ3) is 5.52. The number of nitrogens with one attached hydrogen (secondary N) is 1. The molecule has 0 saturated carbocycles. The number of hydrogen-bond acceptors (Lipinski definition) is 4. The summed E-state index contributed by atoms with van der Waals surface area (Å²) in [6, 6.07) is 4.50. The van der Waals surface area contributed by atoms with Gasteiger partial charge in [0.1, 0.15) is 5.82 Å². The minimum atomic E-state index is -4.67. The fourth-order valence-corrected chi connectivity index (χ4v) is 2.51. The van der Waals surface area contributed by atoms with Gasteiger partial charge in [-0.1, -0.05) is 0 Å². The highest BCUT2D eigenvalue weighted by molar-refractivity contribution is 6.05. The molecule has 1 amide bonds. The van der Waals surface area contributed by atoms with Crippen LogP contribution in [0.5, 0.6) is 17.2 Å². The summed E-state index contributed by atoms with van der Waals surface area (Å²) in [5.41, 5.74) is -1.65. The summed E-state index contributed by atoms with van der Waals surface area (Å²) >= 11 is 0. The molecule has 9 heteroatoms. The molecular formula is C20H21F4NO4. The van der Waals surface area contributed by atoms with Crippen molar-refractivity contribution < 1.29 is 36.6 Å². The van der Waals surface area contributed by atoms with E-state index in [2.05, 4.69) is 5.32 Å². The molecule has 0 aliphatic rings. The van der Waals surface area contributed by atoms with Crippen LogP contribution in [0.1, 0.15) is 36.7 Å². The SMILES string of the molecule is CCOc1cc(C(=O)Nc2cc(C(F)(F)F)ccc2F)cc(OCC)c1OCC. The first-order valence-electron chi connectivity index (χ1n) is 8.95. The van der Waals surface area contributed by atoms with E-state index in [9.17, 15) is 22.4 Å². The lowest BCUT2D eigenvalue weighted by Crippen LogP contribution is -2.15. The molecule has 0 bridgehead atoms. The molecule has 2 aromatic rings. The molecule has 0 fully saturated rings. The number of carbonyl (C=O) groups is 1. The lowest BCUT2D eigenvalue weighted by atomic mass is 10.1. The second-order valence-electron chi connectivity index (χ2n) is 5.75. The van der Waals surface area contributed by atoms with Crippen LogP contribution in [-0.4, -0.2) is 25.7 Å². The smallest absolute Gasteiger partial charge is 0.416 e. The van der Waals surface area contributed by atoms with Crippen LogP contribution in [0, 0.1) is 5.82 Å². The third-order valence-electron chi connectivity index (χ3n) is 3.71. The second-order valence-corrected chi connectivity index (χ2v) is 5.75. The van der Waals surface area contributed by atoms with Crippen molar-refractivity contribution in [2.75, 3.05) is 25.1 Å². The van der Waals surface area contributed by atoms with E-state index in [1.54, 1.807) is 20.8 Å². The molecule has 29 heavy (non-hydrogen) atoms. The zero-order chi connectivity index (χ0) is 21.6. The first kappa shape index (κ1) is 22.3. The molecule has 0 spiro atoms. The van der Waals surface area contributed by atoms with E-state index in [4.69, 9.17) is 14.2 Å². The maximum atomic E-state index is 13.9. The van der Waals surface area contributed by atoms with Crippen LogP contribution in [-0.2, 0) is 6.18 Å². The highest BCUT2D eigenvalue weighted by Crippen LogP contribution is 2.39. The zero-order valence-corrected chi connectivity index (χ0v) is 16.2. The lowest BCUT2D eigenvalue weighted by molar-refractivity contribution is -0.137. The molecule has 0 radical (unpaired) electrons. The van der Waals surface area contributed by atoms with Gasteiger partial charge in [-0.05, 0) is 51.1 Å². The Morgan fingerprint density at radius 2 is 1.48 bits per heavy atom. The fraction of sp³-hybridized carbons (Fsp3) is 0.350. The van der Waals surface area contributed by atoms with Gasteiger partial charge in [-0.3, -0.25) is 4.79 Å². The Hall–Kier alpha value is -2.97. The van der Waals surface area contributed by atoms with E-state index in [0.717, 1.165) is 0 Å². The van der Waals surface area contributed by atoms with Crippen molar-refractivity contribution in [1.82, 2.24) is 0 Å². The highest BCUT2D eigenvalue weighted by atomic mass is 19.4.